The summed E-state index contributed by atoms with van der Waals surface area (Å²) in [5.74, 6) is -0.337. The van der Waals surface area contributed by atoms with Crippen LogP contribution in [0, 0.1) is 0 Å². The lowest BCUT2D eigenvalue weighted by atomic mass is 10.2. The van der Waals surface area contributed by atoms with Crippen molar-refractivity contribution in [1.82, 2.24) is 0 Å². The molecule has 0 unspecified atom stereocenters. The maximum absolute atomic E-state index is 10.9. The van der Waals surface area contributed by atoms with Gasteiger partial charge in [-0.05, 0) is 12.1 Å². The highest BCUT2D eigenvalue weighted by Crippen LogP contribution is 2.11. The number of hydrogen-bond acceptors (Lipinski definition) is 4. The number of aliphatic imine (C=N–C) groups is 2. The van der Waals surface area contributed by atoms with Gasteiger partial charge >= 0.3 is 0 Å². The molecule has 5 nitrogen and oxygen atoms in total. The van der Waals surface area contributed by atoms with Crippen LogP contribution in [0.2, 0.25) is 0 Å². The van der Waals surface area contributed by atoms with Gasteiger partial charge in [-0.3, -0.25) is 4.79 Å². The summed E-state index contributed by atoms with van der Waals surface area (Å²) >= 11 is 0. The van der Waals surface area contributed by atoms with E-state index in [0.29, 0.717) is 11.0 Å². The minimum atomic E-state index is -0.337. The van der Waals surface area contributed by atoms with E-state index in [-0.39, 0.29) is 5.91 Å². The Hall–Kier alpha value is -2.17. The van der Waals surface area contributed by atoms with E-state index in [2.05, 4.69) is 20.0 Å². The van der Waals surface area contributed by atoms with Crippen LogP contribution in [0.5, 0.6) is 0 Å². The molecule has 0 fully saturated rings. The van der Waals surface area contributed by atoms with Gasteiger partial charge < -0.3 is 0 Å². The van der Waals surface area contributed by atoms with E-state index in [1.54, 1.807) is 12.1 Å². The fourth-order valence-electron chi connectivity index (χ4n) is 1.38. The molecule has 2 heterocycles. The second-order valence-corrected chi connectivity index (χ2v) is 2.91. The highest BCUT2D eigenvalue weighted by molar-refractivity contribution is 6.27. The first kappa shape index (κ1) is 7.25. The lowest BCUT2D eigenvalue weighted by Crippen LogP contribution is -2.15. The van der Waals surface area contributed by atoms with Crippen molar-refractivity contribution in [1.29, 1.82) is 0 Å². The number of fused-ring (bicyclic) bond motifs is 2. The number of nitrogens with zero attached hydrogens (tertiary/aromatic N) is 4. The quantitative estimate of drug-likeness (QED) is 0.552. The maximum atomic E-state index is 10.9. The number of hydrogen-bond donors (Lipinski definition) is 0. The molecule has 2 aliphatic heterocycles. The van der Waals surface area contributed by atoms with Crippen molar-refractivity contribution in [3.05, 3.63) is 22.8 Å². The molecule has 0 bridgehead atoms. The van der Waals surface area contributed by atoms with Crippen molar-refractivity contribution in [2.24, 2.45) is 20.0 Å². The Balaban J connectivity index is 2.42. The third kappa shape index (κ3) is 0.922. The lowest BCUT2D eigenvalue weighted by molar-refractivity contribution is -0.111. The molecule has 0 atom stereocenters. The zero-order chi connectivity index (χ0) is 9.54. The maximum Gasteiger partial charge on any atom is 0.288 e. The SMILES string of the molecule is O=C1C=Nc2cc3c(cc2=N1)N=CN=3. The van der Waals surface area contributed by atoms with Gasteiger partial charge in [0, 0.05) is 0 Å². The van der Waals surface area contributed by atoms with E-state index >= 15 is 0 Å². The molecular formula is C9H4N4O. The molecule has 1 aromatic carbocycles. The summed E-state index contributed by atoms with van der Waals surface area (Å²) in [6, 6.07) is 3.48. The molecule has 2 aliphatic rings. The van der Waals surface area contributed by atoms with Crippen molar-refractivity contribution >= 4 is 29.8 Å². The molecule has 0 spiro atoms. The highest BCUT2D eigenvalue weighted by atomic mass is 16.1. The summed E-state index contributed by atoms with van der Waals surface area (Å²) < 4.78 is 0. The predicted molar refractivity (Wildman–Crippen MR) is 50.1 cm³/mol. The molecule has 0 N–H and O–H groups in total. The van der Waals surface area contributed by atoms with E-state index < -0.39 is 0 Å². The third-order valence-electron chi connectivity index (χ3n) is 2.01. The Morgan fingerprint density at radius 2 is 1.79 bits per heavy atom. The summed E-state index contributed by atoms with van der Waals surface area (Å²) in [5, 5.41) is 1.33. The minimum Gasteiger partial charge on any atom is -0.266 e. The molecule has 0 aromatic heterocycles. The molecule has 5 heteroatoms. The van der Waals surface area contributed by atoms with E-state index in [1.165, 1.54) is 12.6 Å². The highest BCUT2D eigenvalue weighted by Gasteiger charge is 2.08. The summed E-state index contributed by atoms with van der Waals surface area (Å²) in [6.45, 7) is 0. The molecule has 0 radical (unpaired) electrons. The third-order valence-corrected chi connectivity index (χ3v) is 2.01. The second-order valence-electron chi connectivity index (χ2n) is 2.91. The van der Waals surface area contributed by atoms with Gasteiger partial charge in [-0.25, -0.2) is 20.0 Å². The van der Waals surface area contributed by atoms with Gasteiger partial charge in [-0.15, -0.1) is 0 Å². The Kier molecular flexibility index (Phi) is 1.25. The first-order valence-corrected chi connectivity index (χ1v) is 4.04. The summed E-state index contributed by atoms with van der Waals surface area (Å²) in [6.07, 6.45) is 2.67. The molecule has 1 amide bonds. The van der Waals surface area contributed by atoms with Crippen molar-refractivity contribution in [3.63, 3.8) is 0 Å². The van der Waals surface area contributed by atoms with Crippen molar-refractivity contribution in [3.8, 4) is 0 Å². The topological polar surface area (TPSA) is 66.5 Å². The van der Waals surface area contributed by atoms with Crippen molar-refractivity contribution < 1.29 is 4.79 Å². The smallest absolute Gasteiger partial charge is 0.266 e. The fourth-order valence-corrected chi connectivity index (χ4v) is 1.38. The van der Waals surface area contributed by atoms with Gasteiger partial charge in [-0.1, -0.05) is 0 Å². The van der Waals surface area contributed by atoms with Gasteiger partial charge in [0.15, 0.2) is 0 Å². The molecule has 3 rings (SSSR count). The van der Waals surface area contributed by atoms with Crippen LogP contribution in [0.15, 0.2) is 32.1 Å². The summed E-state index contributed by atoms with van der Waals surface area (Å²) in [5.41, 5.74) is 1.40. The number of benzene rings is 1. The molecule has 0 saturated carbocycles. The zero-order valence-corrected chi connectivity index (χ0v) is 7.01. The van der Waals surface area contributed by atoms with Crippen LogP contribution in [0.3, 0.4) is 0 Å². The zero-order valence-electron chi connectivity index (χ0n) is 7.01. The molecule has 0 aliphatic carbocycles. The first-order chi connectivity index (χ1) is 6.83. The van der Waals surface area contributed by atoms with Crippen LogP contribution in [0.25, 0.3) is 0 Å². The standard InChI is InChI=1S/C9H4N4O/c14-9-3-10-7-1-5-6(12-4-11-5)2-8(7)13-9/h1-4H. The van der Waals surface area contributed by atoms with Gasteiger partial charge in [0.05, 0.1) is 28.3 Å². The van der Waals surface area contributed by atoms with E-state index in [0.717, 1.165) is 11.0 Å². The van der Waals surface area contributed by atoms with E-state index in [9.17, 15) is 4.79 Å². The second kappa shape index (κ2) is 2.41. The summed E-state index contributed by atoms with van der Waals surface area (Å²) in [7, 11) is 0. The van der Waals surface area contributed by atoms with Gasteiger partial charge in [0.25, 0.3) is 5.91 Å². The number of carbonyl (C=O) groups excluding carboxylic acids is 1. The largest absolute Gasteiger partial charge is 0.288 e. The molecule has 66 valence electrons. The van der Waals surface area contributed by atoms with Crippen LogP contribution in [-0.4, -0.2) is 18.5 Å². The van der Waals surface area contributed by atoms with Crippen LogP contribution in [0.4, 0.5) is 11.4 Å². The van der Waals surface area contributed by atoms with E-state index in [4.69, 9.17) is 0 Å². The normalized spacial score (nSPS) is 15.9. The molecule has 1 aromatic rings. The van der Waals surface area contributed by atoms with Crippen molar-refractivity contribution in [2.75, 3.05) is 0 Å². The number of amides is 1. The minimum absolute atomic E-state index is 0.337. The first-order valence-electron chi connectivity index (χ1n) is 4.04. The Bertz CT molecular complexity index is 612. The van der Waals surface area contributed by atoms with Gasteiger partial charge in [-0.2, -0.15) is 0 Å². The van der Waals surface area contributed by atoms with Gasteiger partial charge in [0.2, 0.25) is 0 Å². The van der Waals surface area contributed by atoms with Crippen LogP contribution in [-0.2, 0) is 4.79 Å². The Morgan fingerprint density at radius 3 is 2.71 bits per heavy atom. The van der Waals surface area contributed by atoms with Crippen molar-refractivity contribution in [2.45, 2.75) is 0 Å². The summed E-state index contributed by atoms with van der Waals surface area (Å²) in [4.78, 5) is 26.8. The Labute approximate surface area is 78.3 Å². The van der Waals surface area contributed by atoms with E-state index in [1.807, 2.05) is 0 Å². The monoisotopic (exact) mass is 184 g/mol. The molecule has 0 saturated heterocycles. The average molecular weight is 184 g/mol. The molecule has 14 heavy (non-hydrogen) atoms. The van der Waals surface area contributed by atoms with Crippen LogP contribution in [0.1, 0.15) is 0 Å². The molecular weight excluding hydrogens is 180 g/mol. The van der Waals surface area contributed by atoms with Crippen LogP contribution >= 0.6 is 0 Å². The number of carbonyl (C=O) groups is 1. The fraction of sp³-hybridized carbons (Fsp3) is 0. The van der Waals surface area contributed by atoms with Gasteiger partial charge in [0.1, 0.15) is 6.34 Å². The van der Waals surface area contributed by atoms with Crippen LogP contribution < -0.4 is 10.7 Å². The predicted octanol–water partition coefficient (Wildman–Crippen LogP) is -0.158. The number of rotatable bonds is 0. The lowest BCUT2D eigenvalue weighted by Gasteiger charge is -1.99. The average Bonchev–Trinajstić information content (AvgIpc) is 2.61. The Morgan fingerprint density at radius 1 is 1.00 bits per heavy atom.